The maximum absolute atomic E-state index is 11.9. The third kappa shape index (κ3) is 2.11. The van der Waals surface area contributed by atoms with Crippen molar-refractivity contribution in [2.75, 3.05) is 6.54 Å². The summed E-state index contributed by atoms with van der Waals surface area (Å²) in [6, 6.07) is 0.205. The number of hydrogen-bond donors (Lipinski definition) is 1. The smallest absolute Gasteiger partial charge is 0.152 e. The Morgan fingerprint density at radius 3 is 2.31 bits per heavy atom. The lowest BCUT2D eigenvalue weighted by atomic mass is 9.91. The molecule has 0 radical (unpaired) electrons. The number of piperidine rings is 1. The van der Waals surface area contributed by atoms with Gasteiger partial charge in [0.25, 0.3) is 0 Å². The van der Waals surface area contributed by atoms with Gasteiger partial charge in [-0.05, 0) is 32.2 Å². The predicted molar refractivity (Wildman–Crippen MR) is 52.6 cm³/mol. The van der Waals surface area contributed by atoms with E-state index < -0.39 is 0 Å². The Hall–Kier alpha value is -0.370. The second-order valence-electron chi connectivity index (χ2n) is 4.39. The van der Waals surface area contributed by atoms with Gasteiger partial charge in [0.1, 0.15) is 0 Å². The van der Waals surface area contributed by atoms with Crippen molar-refractivity contribution in [2.24, 2.45) is 5.92 Å². The second-order valence-corrected chi connectivity index (χ2v) is 4.39. The van der Waals surface area contributed by atoms with E-state index in [0.29, 0.717) is 11.7 Å². The quantitative estimate of drug-likeness (QED) is 0.705. The molecular formula is C11H19NO. The maximum Gasteiger partial charge on any atom is 0.152 e. The van der Waals surface area contributed by atoms with Crippen LogP contribution < -0.4 is 5.32 Å². The van der Waals surface area contributed by atoms with Gasteiger partial charge in [0, 0.05) is 5.92 Å². The summed E-state index contributed by atoms with van der Waals surface area (Å²) in [6.07, 6.45) is 8.39. The van der Waals surface area contributed by atoms with E-state index in [9.17, 15) is 4.79 Å². The first-order valence-corrected chi connectivity index (χ1v) is 5.65. The van der Waals surface area contributed by atoms with Crippen molar-refractivity contribution in [3.05, 3.63) is 0 Å². The topological polar surface area (TPSA) is 29.1 Å². The Balaban J connectivity index is 1.87. The van der Waals surface area contributed by atoms with Crippen LogP contribution in [0.15, 0.2) is 0 Å². The maximum atomic E-state index is 11.9. The van der Waals surface area contributed by atoms with Crippen molar-refractivity contribution in [1.29, 1.82) is 0 Å². The molecule has 0 spiro atoms. The molecule has 1 aliphatic carbocycles. The zero-order chi connectivity index (χ0) is 9.10. The van der Waals surface area contributed by atoms with Crippen LogP contribution in [0.5, 0.6) is 0 Å². The van der Waals surface area contributed by atoms with Crippen LogP contribution in [0.25, 0.3) is 0 Å². The summed E-state index contributed by atoms with van der Waals surface area (Å²) in [5.74, 6) is 0.910. The normalized spacial score (nSPS) is 30.6. The minimum Gasteiger partial charge on any atom is -0.307 e. The summed E-state index contributed by atoms with van der Waals surface area (Å²) in [7, 11) is 0. The van der Waals surface area contributed by atoms with E-state index in [4.69, 9.17) is 0 Å². The van der Waals surface area contributed by atoms with Crippen LogP contribution in [0.4, 0.5) is 0 Å². The minimum atomic E-state index is 0.205. The van der Waals surface area contributed by atoms with Crippen molar-refractivity contribution in [2.45, 2.75) is 51.0 Å². The molecule has 2 heteroatoms. The predicted octanol–water partition coefficient (Wildman–Crippen LogP) is 1.89. The lowest BCUT2D eigenvalue weighted by Crippen LogP contribution is -2.42. The van der Waals surface area contributed by atoms with Crippen LogP contribution in [0.1, 0.15) is 44.9 Å². The van der Waals surface area contributed by atoms with Crippen molar-refractivity contribution < 1.29 is 4.79 Å². The van der Waals surface area contributed by atoms with E-state index in [1.54, 1.807) is 0 Å². The summed E-state index contributed by atoms with van der Waals surface area (Å²) in [6.45, 7) is 1.04. The Morgan fingerprint density at radius 1 is 1.00 bits per heavy atom. The number of hydrogen-bond acceptors (Lipinski definition) is 2. The Kier molecular flexibility index (Phi) is 2.99. The fourth-order valence-corrected chi connectivity index (χ4v) is 2.59. The summed E-state index contributed by atoms with van der Waals surface area (Å²) in [4.78, 5) is 11.9. The van der Waals surface area contributed by atoms with E-state index in [-0.39, 0.29) is 6.04 Å². The summed E-state index contributed by atoms with van der Waals surface area (Å²) in [5, 5.41) is 3.35. The van der Waals surface area contributed by atoms with Crippen LogP contribution in [0.3, 0.4) is 0 Å². The van der Waals surface area contributed by atoms with E-state index in [1.165, 1.54) is 25.7 Å². The Morgan fingerprint density at radius 2 is 1.69 bits per heavy atom. The standard InChI is InChI=1S/C11H19NO/c13-11(9-5-1-2-6-9)10-7-3-4-8-12-10/h9-10,12H,1-8H2. The number of nitrogens with one attached hydrogen (secondary N) is 1. The number of carbonyl (C=O) groups excluding carboxylic acids is 1. The van der Waals surface area contributed by atoms with Crippen molar-refractivity contribution in [3.63, 3.8) is 0 Å². The molecule has 1 saturated heterocycles. The average molecular weight is 181 g/mol. The number of Topliss-reactive ketones (excluding diaryl/α,β-unsaturated/α-hetero) is 1. The van der Waals surface area contributed by atoms with Crippen LogP contribution >= 0.6 is 0 Å². The lowest BCUT2D eigenvalue weighted by molar-refractivity contribution is -0.125. The summed E-state index contributed by atoms with van der Waals surface area (Å²) < 4.78 is 0. The van der Waals surface area contributed by atoms with Crippen molar-refractivity contribution in [1.82, 2.24) is 5.32 Å². The molecule has 0 aromatic heterocycles. The second kappa shape index (κ2) is 4.23. The van der Waals surface area contributed by atoms with E-state index >= 15 is 0 Å². The zero-order valence-electron chi connectivity index (χ0n) is 8.22. The molecule has 2 aliphatic rings. The first-order chi connectivity index (χ1) is 6.38. The molecule has 0 aromatic carbocycles. The molecule has 1 atom stereocenters. The third-order valence-corrected chi connectivity index (χ3v) is 3.41. The van der Waals surface area contributed by atoms with Crippen LogP contribution in [-0.2, 0) is 4.79 Å². The van der Waals surface area contributed by atoms with Gasteiger partial charge in [-0.25, -0.2) is 0 Å². The molecule has 0 aromatic rings. The third-order valence-electron chi connectivity index (χ3n) is 3.41. The largest absolute Gasteiger partial charge is 0.307 e. The Labute approximate surface area is 80.1 Å². The van der Waals surface area contributed by atoms with Gasteiger partial charge < -0.3 is 5.32 Å². The molecule has 2 rings (SSSR count). The molecule has 0 amide bonds. The molecule has 0 bridgehead atoms. The molecule has 1 aliphatic heterocycles. The first-order valence-electron chi connectivity index (χ1n) is 5.65. The van der Waals surface area contributed by atoms with E-state index in [2.05, 4.69) is 5.32 Å². The van der Waals surface area contributed by atoms with Gasteiger partial charge in [-0.2, -0.15) is 0 Å². The van der Waals surface area contributed by atoms with Gasteiger partial charge in [0.05, 0.1) is 6.04 Å². The van der Waals surface area contributed by atoms with Gasteiger partial charge in [-0.15, -0.1) is 0 Å². The molecule has 74 valence electrons. The zero-order valence-corrected chi connectivity index (χ0v) is 8.22. The molecule has 2 fully saturated rings. The van der Waals surface area contributed by atoms with Gasteiger partial charge in [0.2, 0.25) is 0 Å². The SMILES string of the molecule is O=C(C1CCCC1)C1CCCCN1. The fraction of sp³-hybridized carbons (Fsp3) is 0.909. The number of rotatable bonds is 2. The number of ketones is 1. The van der Waals surface area contributed by atoms with E-state index in [1.807, 2.05) is 0 Å². The molecular weight excluding hydrogens is 162 g/mol. The van der Waals surface area contributed by atoms with Crippen molar-refractivity contribution >= 4 is 5.78 Å². The van der Waals surface area contributed by atoms with Crippen LogP contribution in [0, 0.1) is 5.92 Å². The minimum absolute atomic E-state index is 0.205. The van der Waals surface area contributed by atoms with Gasteiger partial charge in [-0.3, -0.25) is 4.79 Å². The summed E-state index contributed by atoms with van der Waals surface area (Å²) >= 11 is 0. The van der Waals surface area contributed by atoms with Gasteiger partial charge in [-0.1, -0.05) is 19.3 Å². The van der Waals surface area contributed by atoms with Gasteiger partial charge in [0.15, 0.2) is 5.78 Å². The highest BCUT2D eigenvalue weighted by molar-refractivity contribution is 5.86. The highest BCUT2D eigenvalue weighted by Gasteiger charge is 2.29. The van der Waals surface area contributed by atoms with Crippen LogP contribution in [0.2, 0.25) is 0 Å². The molecule has 1 saturated carbocycles. The fourth-order valence-electron chi connectivity index (χ4n) is 2.59. The first kappa shape index (κ1) is 9.20. The molecule has 1 unspecified atom stereocenters. The summed E-state index contributed by atoms with van der Waals surface area (Å²) in [5.41, 5.74) is 0. The Bertz CT molecular complexity index is 179. The van der Waals surface area contributed by atoms with Crippen LogP contribution in [-0.4, -0.2) is 18.4 Å². The molecule has 1 N–H and O–H groups in total. The van der Waals surface area contributed by atoms with Gasteiger partial charge >= 0.3 is 0 Å². The molecule has 2 nitrogen and oxygen atoms in total. The molecule has 1 heterocycles. The highest BCUT2D eigenvalue weighted by atomic mass is 16.1. The average Bonchev–Trinajstić information content (AvgIpc) is 2.71. The van der Waals surface area contributed by atoms with Crippen molar-refractivity contribution in [3.8, 4) is 0 Å². The molecule has 13 heavy (non-hydrogen) atoms. The highest BCUT2D eigenvalue weighted by Crippen LogP contribution is 2.27. The monoisotopic (exact) mass is 181 g/mol. The lowest BCUT2D eigenvalue weighted by Gasteiger charge is -2.24. The number of carbonyl (C=O) groups is 1. The van der Waals surface area contributed by atoms with E-state index in [0.717, 1.165) is 25.8 Å².